The van der Waals surface area contributed by atoms with Crippen molar-refractivity contribution in [3.63, 3.8) is 0 Å². The number of hydrogen-bond acceptors (Lipinski definition) is 3. The predicted octanol–water partition coefficient (Wildman–Crippen LogP) is 7.44. The lowest BCUT2D eigenvalue weighted by Crippen LogP contribution is -1.97. The summed E-state index contributed by atoms with van der Waals surface area (Å²) in [5, 5.41) is 4.12. The molecule has 0 aromatic heterocycles. The summed E-state index contributed by atoms with van der Waals surface area (Å²) >= 11 is 0. The van der Waals surface area contributed by atoms with Crippen LogP contribution in [0.5, 0.6) is 11.5 Å². The van der Waals surface area contributed by atoms with Crippen LogP contribution in [0.3, 0.4) is 0 Å². The second kappa shape index (κ2) is 7.71. The van der Waals surface area contributed by atoms with Gasteiger partial charge in [-0.2, -0.15) is 0 Å². The van der Waals surface area contributed by atoms with E-state index < -0.39 is 7.82 Å². The third kappa shape index (κ3) is 3.60. The Bertz CT molecular complexity index is 1260. The quantitative estimate of drug-likeness (QED) is 0.341. The Hall–Kier alpha value is -2.81. The van der Waals surface area contributed by atoms with Crippen LogP contribution < -0.4 is 9.05 Å². The van der Waals surface area contributed by atoms with Gasteiger partial charge < -0.3 is 9.05 Å². The van der Waals surface area contributed by atoms with Crippen LogP contribution in [-0.4, -0.2) is 4.89 Å². The molecule has 158 valence electrons. The molecule has 1 N–H and O–H groups in total. The number of aryl methyl sites for hydroxylation is 2. The van der Waals surface area contributed by atoms with Gasteiger partial charge >= 0.3 is 7.82 Å². The van der Waals surface area contributed by atoms with Crippen molar-refractivity contribution >= 4 is 29.4 Å². The number of phosphoric acid groups is 1. The second-order valence-electron chi connectivity index (χ2n) is 8.14. The van der Waals surface area contributed by atoms with Crippen molar-refractivity contribution in [1.29, 1.82) is 0 Å². The maximum Gasteiger partial charge on any atom is 0.584 e. The molecule has 0 saturated carbocycles. The average molecular weight is 432 g/mol. The van der Waals surface area contributed by atoms with E-state index in [1.807, 2.05) is 12.1 Å². The minimum atomic E-state index is -4.29. The minimum Gasteiger partial charge on any atom is -0.395 e. The zero-order valence-electron chi connectivity index (χ0n) is 17.7. The van der Waals surface area contributed by atoms with E-state index >= 15 is 0 Å². The molecular formula is C26H25O4P. The van der Waals surface area contributed by atoms with Crippen LogP contribution in [0.2, 0.25) is 0 Å². The van der Waals surface area contributed by atoms with Crippen molar-refractivity contribution in [2.75, 3.05) is 0 Å². The first-order chi connectivity index (χ1) is 15.0. The summed E-state index contributed by atoms with van der Waals surface area (Å²) in [6.07, 6.45) is 4.18. The maximum absolute atomic E-state index is 12.6. The Kier molecular flexibility index (Phi) is 5.00. The first-order valence-corrected chi connectivity index (χ1v) is 12.3. The van der Waals surface area contributed by atoms with Gasteiger partial charge in [0.1, 0.15) is 11.5 Å². The van der Waals surface area contributed by atoms with E-state index in [9.17, 15) is 9.46 Å². The maximum atomic E-state index is 12.6. The third-order valence-corrected chi connectivity index (χ3v) is 6.70. The van der Waals surface area contributed by atoms with Gasteiger partial charge in [-0.05, 0) is 57.6 Å². The minimum absolute atomic E-state index is 0.366. The van der Waals surface area contributed by atoms with E-state index in [0.29, 0.717) is 11.5 Å². The van der Waals surface area contributed by atoms with Crippen molar-refractivity contribution in [2.24, 2.45) is 0 Å². The Balaban J connectivity index is 1.85. The van der Waals surface area contributed by atoms with Gasteiger partial charge in [-0.1, -0.05) is 75.2 Å². The number of benzene rings is 4. The molecule has 1 aliphatic rings. The van der Waals surface area contributed by atoms with E-state index in [2.05, 4.69) is 50.2 Å². The molecule has 5 rings (SSSR count). The van der Waals surface area contributed by atoms with Crippen molar-refractivity contribution in [3.05, 3.63) is 71.8 Å². The van der Waals surface area contributed by atoms with Crippen molar-refractivity contribution in [1.82, 2.24) is 0 Å². The highest BCUT2D eigenvalue weighted by Crippen LogP contribution is 2.56. The summed E-state index contributed by atoms with van der Waals surface area (Å²) in [5.74, 6) is 0.732. The lowest BCUT2D eigenvalue weighted by atomic mass is 9.90. The fourth-order valence-corrected chi connectivity index (χ4v) is 5.38. The van der Waals surface area contributed by atoms with Gasteiger partial charge in [0.05, 0.1) is 0 Å². The number of hydrogen-bond donors (Lipinski definition) is 1. The van der Waals surface area contributed by atoms with Crippen LogP contribution in [0.1, 0.15) is 37.8 Å². The smallest absolute Gasteiger partial charge is 0.395 e. The van der Waals surface area contributed by atoms with E-state index in [4.69, 9.17) is 9.05 Å². The molecule has 1 aliphatic heterocycles. The molecule has 1 heterocycles. The van der Waals surface area contributed by atoms with Gasteiger partial charge in [0.15, 0.2) is 0 Å². The summed E-state index contributed by atoms with van der Waals surface area (Å²) < 4.78 is 23.7. The molecule has 31 heavy (non-hydrogen) atoms. The number of rotatable bonds is 4. The van der Waals surface area contributed by atoms with Gasteiger partial charge in [-0.15, -0.1) is 0 Å². The van der Waals surface area contributed by atoms with Crippen LogP contribution in [0.25, 0.3) is 32.7 Å². The summed E-state index contributed by atoms with van der Waals surface area (Å²) in [4.78, 5) is 10.3. The normalized spacial score (nSPS) is 14.4. The predicted molar refractivity (Wildman–Crippen MR) is 126 cm³/mol. The molecule has 0 fully saturated rings. The molecule has 0 radical (unpaired) electrons. The largest absolute Gasteiger partial charge is 0.584 e. The first-order valence-electron chi connectivity index (χ1n) is 10.8. The molecule has 4 aromatic rings. The van der Waals surface area contributed by atoms with Crippen LogP contribution in [-0.2, 0) is 17.4 Å². The highest BCUT2D eigenvalue weighted by atomic mass is 31.2. The molecule has 0 saturated heterocycles. The van der Waals surface area contributed by atoms with Crippen molar-refractivity contribution in [3.8, 4) is 22.6 Å². The zero-order chi connectivity index (χ0) is 21.6. The molecule has 4 nitrogen and oxygen atoms in total. The molecule has 0 aliphatic carbocycles. The summed E-state index contributed by atoms with van der Waals surface area (Å²) in [7, 11) is -4.29. The zero-order valence-corrected chi connectivity index (χ0v) is 18.6. The lowest BCUT2D eigenvalue weighted by Gasteiger charge is -2.14. The average Bonchev–Trinajstić information content (AvgIpc) is 2.86. The van der Waals surface area contributed by atoms with Crippen molar-refractivity contribution < 1.29 is 18.5 Å². The Morgan fingerprint density at radius 1 is 0.710 bits per heavy atom. The van der Waals surface area contributed by atoms with E-state index in [1.54, 1.807) is 12.1 Å². The molecular weight excluding hydrogens is 407 g/mol. The number of phosphoric ester groups is 1. The lowest BCUT2D eigenvalue weighted by molar-refractivity contribution is 0.294. The fourth-order valence-electron chi connectivity index (χ4n) is 4.54. The van der Waals surface area contributed by atoms with Crippen LogP contribution in [0.4, 0.5) is 0 Å². The molecule has 4 aromatic carbocycles. The van der Waals surface area contributed by atoms with E-state index in [-0.39, 0.29) is 0 Å². The Labute approximate surface area is 182 Å². The SMILES string of the molecule is CCCc1ccc2c3c(ccc2c1)OP(=O)(O)Oc1ccc2cc(CCC)ccc2c1-3. The topological polar surface area (TPSA) is 55.8 Å². The van der Waals surface area contributed by atoms with Crippen molar-refractivity contribution in [2.45, 2.75) is 39.5 Å². The number of fused-ring (bicyclic) bond motifs is 7. The Morgan fingerprint density at radius 3 is 1.58 bits per heavy atom. The first kappa shape index (κ1) is 20.1. The van der Waals surface area contributed by atoms with Gasteiger partial charge in [0.2, 0.25) is 0 Å². The molecule has 5 heteroatoms. The fraction of sp³-hybridized carbons (Fsp3) is 0.231. The molecule has 0 amide bonds. The Morgan fingerprint density at radius 2 is 1.16 bits per heavy atom. The molecule has 0 atom stereocenters. The summed E-state index contributed by atoms with van der Waals surface area (Å²) in [6.45, 7) is 4.33. The van der Waals surface area contributed by atoms with E-state index in [0.717, 1.165) is 58.4 Å². The monoisotopic (exact) mass is 432 g/mol. The molecule has 0 unspecified atom stereocenters. The van der Waals surface area contributed by atoms with Gasteiger partial charge in [-0.3, -0.25) is 4.89 Å². The van der Waals surface area contributed by atoms with Crippen LogP contribution in [0.15, 0.2) is 60.7 Å². The summed E-state index contributed by atoms with van der Waals surface area (Å²) in [6, 6.07) is 20.3. The standard InChI is InChI=1S/C26H25O4P/c1-3-5-17-7-11-21-19(15-17)9-13-23-25(21)26-22-12-8-18(6-4-2)16-20(22)10-14-24(26)30-31(27,28)29-23/h7-16H,3-6H2,1-2H3,(H,27,28). The van der Waals surface area contributed by atoms with Crippen LogP contribution in [0, 0.1) is 0 Å². The van der Waals surface area contributed by atoms with E-state index in [1.165, 1.54) is 11.1 Å². The molecule has 0 bridgehead atoms. The van der Waals surface area contributed by atoms with Gasteiger partial charge in [0.25, 0.3) is 0 Å². The van der Waals surface area contributed by atoms with Gasteiger partial charge in [-0.25, -0.2) is 4.57 Å². The highest BCUT2D eigenvalue weighted by Gasteiger charge is 2.33. The summed E-state index contributed by atoms with van der Waals surface area (Å²) in [5.41, 5.74) is 4.15. The van der Waals surface area contributed by atoms with Crippen LogP contribution >= 0.6 is 7.82 Å². The van der Waals surface area contributed by atoms with Gasteiger partial charge in [0, 0.05) is 11.1 Å². The highest BCUT2D eigenvalue weighted by molar-refractivity contribution is 7.48. The second-order valence-corrected chi connectivity index (χ2v) is 9.44. The molecule has 0 spiro atoms. The third-order valence-electron chi connectivity index (χ3n) is 5.85.